The molecule has 0 aromatic carbocycles. The van der Waals surface area contributed by atoms with Gasteiger partial charge in [-0.05, 0) is 13.8 Å². The van der Waals surface area contributed by atoms with Crippen molar-refractivity contribution in [3.05, 3.63) is 0 Å². The van der Waals surface area contributed by atoms with Gasteiger partial charge in [0.25, 0.3) is 0 Å². The molecule has 0 aromatic heterocycles. The molecule has 0 rings (SSSR count). The van der Waals surface area contributed by atoms with Crippen molar-refractivity contribution in [2.45, 2.75) is 20.8 Å². The summed E-state index contributed by atoms with van der Waals surface area (Å²) in [4.78, 5) is 10.8. The van der Waals surface area contributed by atoms with Gasteiger partial charge in [-0.2, -0.15) is 0 Å². The van der Waals surface area contributed by atoms with Crippen LogP contribution in [0.25, 0.3) is 0 Å². The number of carbonyl (C=O) groups excluding carboxylic acids is 1. The van der Waals surface area contributed by atoms with E-state index >= 15 is 0 Å². The molecule has 13 heavy (non-hydrogen) atoms. The average Bonchev–Trinajstić information content (AvgIpc) is 2.05. The van der Waals surface area contributed by atoms with E-state index in [1.165, 1.54) is 0 Å². The van der Waals surface area contributed by atoms with Crippen LogP contribution < -0.4 is 0 Å². The molecule has 79 valence electrons. The summed E-state index contributed by atoms with van der Waals surface area (Å²) in [5.41, 5.74) is 0. The topological polar surface area (TPSA) is 17.1 Å². The molecule has 0 saturated carbocycles. The van der Waals surface area contributed by atoms with Gasteiger partial charge < -0.3 is 4.48 Å². The first kappa shape index (κ1) is 17.1. The van der Waals surface area contributed by atoms with Crippen molar-refractivity contribution >= 4 is 45.7 Å². The summed E-state index contributed by atoms with van der Waals surface area (Å²) < 4.78 is 0.870. The number of quaternary nitrogens is 1. The summed E-state index contributed by atoms with van der Waals surface area (Å²) in [5, 5.41) is 0. The van der Waals surface area contributed by atoms with Gasteiger partial charge in [0.15, 0.2) is 5.78 Å². The zero-order chi connectivity index (χ0) is 10.9. The third kappa shape index (κ3) is 11.6. The summed E-state index contributed by atoms with van der Waals surface area (Å²) in [6, 6.07) is 0. The Balaban J connectivity index is 0. The molecule has 0 aliphatic heterocycles. The van der Waals surface area contributed by atoms with Gasteiger partial charge >= 0.3 is 49.4 Å². The van der Waals surface area contributed by atoms with Crippen molar-refractivity contribution in [3.63, 3.8) is 0 Å². The third-order valence-electron chi connectivity index (χ3n) is 2.13. The van der Waals surface area contributed by atoms with Crippen LogP contribution in [0.4, 0.5) is 0 Å². The zero-order valence-electron chi connectivity index (χ0n) is 8.68. The molecule has 0 fully saturated rings. The maximum absolute atomic E-state index is 10.8. The molecule has 0 aliphatic carbocycles. The van der Waals surface area contributed by atoms with Crippen LogP contribution in [0.5, 0.6) is 0 Å². The van der Waals surface area contributed by atoms with E-state index in [1.54, 1.807) is 6.92 Å². The van der Waals surface area contributed by atoms with E-state index in [2.05, 4.69) is 60.9 Å². The zero-order valence-corrected chi connectivity index (χ0v) is 14.4. The van der Waals surface area contributed by atoms with Gasteiger partial charge in [0.05, 0.1) is 20.1 Å². The van der Waals surface area contributed by atoms with Crippen LogP contribution in [-0.2, 0) is 14.3 Å². The minimum atomic E-state index is 0.284. The molecule has 0 N–H and O–H groups in total. The molecule has 0 unspecified atom stereocenters. The van der Waals surface area contributed by atoms with Crippen molar-refractivity contribution in [3.8, 4) is 0 Å². The fourth-order valence-corrected chi connectivity index (χ4v) is 0.985. The third-order valence-corrected chi connectivity index (χ3v) is 2.13. The molecule has 0 bridgehead atoms. The van der Waals surface area contributed by atoms with Crippen LogP contribution >= 0.6 is 40.0 Å². The van der Waals surface area contributed by atoms with E-state index in [-0.39, 0.29) is 5.78 Å². The van der Waals surface area contributed by atoms with Gasteiger partial charge in [0, 0.05) is 6.92 Å². The molecule has 0 radical (unpaired) electrons. The number of Topliss-reactive ketones (excluding diaryl/α,β-unsaturated/α-hetero) is 1. The molecule has 0 aromatic rings. The van der Waals surface area contributed by atoms with Crippen LogP contribution in [0.2, 0.25) is 0 Å². The molecular formula is C8H18I2NOV+. The number of ketones is 1. The summed E-state index contributed by atoms with van der Waals surface area (Å²) in [6.07, 6.45) is 0. The van der Waals surface area contributed by atoms with Crippen molar-refractivity contribution in [2.24, 2.45) is 0 Å². The second-order valence-corrected chi connectivity index (χ2v) is 15.0. The minimum absolute atomic E-state index is 0.284. The number of nitrogens with zero attached hydrogens (tertiary/aromatic N) is 1. The van der Waals surface area contributed by atoms with E-state index in [0.29, 0.717) is 16.0 Å². The number of carbonyl (C=O) groups is 1. The first-order valence-corrected chi connectivity index (χ1v) is 13.2. The number of hydrogen-bond donors (Lipinski definition) is 0. The fraction of sp³-hybridized carbons (Fsp3) is 0.875. The Hall–Kier alpha value is 1.67. The van der Waals surface area contributed by atoms with Crippen LogP contribution in [0, 0.1) is 0 Å². The predicted octanol–water partition coefficient (Wildman–Crippen LogP) is 2.83. The molecule has 0 amide bonds. The fourth-order valence-electron chi connectivity index (χ4n) is 0.985. The van der Waals surface area contributed by atoms with E-state index in [0.717, 1.165) is 17.6 Å². The van der Waals surface area contributed by atoms with Gasteiger partial charge in [0.1, 0.15) is 6.54 Å². The van der Waals surface area contributed by atoms with Gasteiger partial charge in [-0.15, -0.1) is 0 Å². The first-order valence-electron chi connectivity index (χ1n) is 4.21. The van der Waals surface area contributed by atoms with E-state index in [1.807, 2.05) is 0 Å². The summed E-state index contributed by atoms with van der Waals surface area (Å²) in [6.45, 7) is 8.64. The molecular weight excluding hydrogens is 431 g/mol. The molecule has 5 heteroatoms. The van der Waals surface area contributed by atoms with Crippen molar-refractivity contribution in [1.29, 1.82) is 0 Å². The Bertz CT molecular complexity index is 140. The van der Waals surface area contributed by atoms with Crippen molar-refractivity contribution in [2.75, 3.05) is 26.7 Å². The molecule has 0 atom stereocenters. The van der Waals surface area contributed by atoms with Crippen LogP contribution in [0.3, 0.4) is 0 Å². The van der Waals surface area contributed by atoms with Gasteiger partial charge in [-0.25, -0.2) is 0 Å². The molecule has 2 nitrogen and oxygen atoms in total. The molecule has 0 spiro atoms. The summed E-state index contributed by atoms with van der Waals surface area (Å²) in [7, 11) is 2.74. The van der Waals surface area contributed by atoms with E-state index in [4.69, 9.17) is 0 Å². The van der Waals surface area contributed by atoms with Crippen molar-refractivity contribution in [1.82, 2.24) is 0 Å². The van der Waals surface area contributed by atoms with Gasteiger partial charge in [-0.3, -0.25) is 4.79 Å². The maximum atomic E-state index is 10.8. The SMILES string of the molecule is CC[N+](C)(CC)CC(C)=O.[I][V][I]. The van der Waals surface area contributed by atoms with Crippen LogP contribution in [0.1, 0.15) is 20.8 Å². The van der Waals surface area contributed by atoms with Gasteiger partial charge in [0.2, 0.25) is 0 Å². The van der Waals surface area contributed by atoms with Crippen molar-refractivity contribution < 1.29 is 18.7 Å². The quantitative estimate of drug-likeness (QED) is 0.477. The normalized spacial score (nSPS) is 10.0. The number of rotatable bonds is 4. The number of likely N-dealkylation sites (N-methyl/N-ethyl adjacent to an activating group) is 1. The molecule has 0 aliphatic rings. The average molecular weight is 449 g/mol. The number of hydrogen-bond acceptors (Lipinski definition) is 1. The second kappa shape index (κ2) is 10.2. The first-order chi connectivity index (χ1) is 5.95. The number of halogens is 2. The Labute approximate surface area is 111 Å². The van der Waals surface area contributed by atoms with E-state index in [9.17, 15) is 4.79 Å². The van der Waals surface area contributed by atoms with Gasteiger partial charge in [-0.1, -0.05) is 0 Å². The predicted molar refractivity (Wildman–Crippen MR) is 70.9 cm³/mol. The van der Waals surface area contributed by atoms with Crippen LogP contribution in [0.15, 0.2) is 0 Å². The second-order valence-electron chi connectivity index (χ2n) is 3.18. The van der Waals surface area contributed by atoms with Crippen LogP contribution in [-0.4, -0.2) is 36.9 Å². The Morgan fingerprint density at radius 2 is 1.62 bits per heavy atom. The summed E-state index contributed by atoms with van der Waals surface area (Å²) >= 11 is 4.74. The van der Waals surface area contributed by atoms with E-state index < -0.39 is 0 Å². The Morgan fingerprint density at radius 1 is 1.31 bits per heavy atom. The molecule has 0 heterocycles. The Kier molecular flexibility index (Phi) is 13.4. The summed E-state index contributed by atoms with van der Waals surface area (Å²) in [5.74, 6) is 0.284. The Morgan fingerprint density at radius 3 is 1.69 bits per heavy atom. The molecule has 0 saturated heterocycles. The monoisotopic (exact) mass is 449 g/mol. The standard InChI is InChI=1S/C8H18NO.2HI.V/c1-5-9(4,6-2)7-8(3)10;;;/h5-7H2,1-4H3;2*1H;/q+1;;;+2/p-2.